The summed E-state index contributed by atoms with van der Waals surface area (Å²) in [4.78, 5) is 10.7. The van der Waals surface area contributed by atoms with Crippen molar-refractivity contribution in [3.05, 3.63) is 71.1 Å². The van der Waals surface area contributed by atoms with Gasteiger partial charge in [-0.05, 0) is 42.3 Å². The molecular weight excluding hydrogens is 279 g/mol. The molecule has 0 saturated carbocycles. The Hall–Kier alpha value is -2.71. The number of halogens is 1. The van der Waals surface area contributed by atoms with Crippen LogP contribution >= 0.6 is 0 Å². The van der Waals surface area contributed by atoms with Crippen LogP contribution in [0.5, 0.6) is 0 Å². The Labute approximate surface area is 127 Å². The van der Waals surface area contributed by atoms with Crippen molar-refractivity contribution in [1.82, 2.24) is 15.3 Å². The van der Waals surface area contributed by atoms with E-state index < -0.39 is 0 Å². The van der Waals surface area contributed by atoms with Crippen LogP contribution in [0.3, 0.4) is 0 Å². The van der Waals surface area contributed by atoms with E-state index in [9.17, 15) is 4.39 Å². The molecule has 2 N–H and O–H groups in total. The van der Waals surface area contributed by atoms with E-state index in [1.165, 1.54) is 12.1 Å². The van der Waals surface area contributed by atoms with Crippen LogP contribution in [0.4, 0.5) is 10.1 Å². The SMILES string of the molecule is [C-]#[N+]c1cnc2[nH]cc(CCNCc3cccc(F)c3)c2c1. The monoisotopic (exact) mass is 294 g/mol. The molecule has 3 rings (SSSR count). The fourth-order valence-electron chi connectivity index (χ4n) is 2.42. The average Bonchev–Trinajstić information content (AvgIpc) is 2.94. The van der Waals surface area contributed by atoms with Gasteiger partial charge < -0.3 is 10.3 Å². The molecule has 0 saturated heterocycles. The van der Waals surface area contributed by atoms with Crippen LogP contribution in [0.2, 0.25) is 0 Å². The highest BCUT2D eigenvalue weighted by molar-refractivity contribution is 5.83. The van der Waals surface area contributed by atoms with Crippen molar-refractivity contribution in [2.75, 3.05) is 6.54 Å². The van der Waals surface area contributed by atoms with Crippen molar-refractivity contribution in [2.24, 2.45) is 0 Å². The molecule has 2 heterocycles. The lowest BCUT2D eigenvalue weighted by atomic mass is 10.1. The minimum atomic E-state index is -0.214. The van der Waals surface area contributed by atoms with Gasteiger partial charge in [0.15, 0.2) is 0 Å². The molecule has 0 aliphatic rings. The maximum atomic E-state index is 13.1. The summed E-state index contributed by atoms with van der Waals surface area (Å²) in [5.41, 5.74) is 3.39. The van der Waals surface area contributed by atoms with Crippen LogP contribution in [0.1, 0.15) is 11.1 Å². The number of fused-ring (bicyclic) bond motifs is 1. The second-order valence-electron chi connectivity index (χ2n) is 5.07. The van der Waals surface area contributed by atoms with E-state index in [4.69, 9.17) is 6.57 Å². The molecule has 110 valence electrons. The molecular formula is C17H15FN4. The minimum Gasteiger partial charge on any atom is -0.346 e. The number of hydrogen-bond donors (Lipinski definition) is 2. The van der Waals surface area contributed by atoms with Gasteiger partial charge in [-0.15, -0.1) is 0 Å². The van der Waals surface area contributed by atoms with Crippen LogP contribution in [0, 0.1) is 12.4 Å². The predicted octanol–water partition coefficient (Wildman–Crippen LogP) is 3.59. The Balaban J connectivity index is 1.61. The molecule has 0 unspecified atom stereocenters. The number of rotatable bonds is 5. The first-order chi connectivity index (χ1) is 10.8. The lowest BCUT2D eigenvalue weighted by Crippen LogP contribution is -2.16. The molecule has 0 bridgehead atoms. The fourth-order valence-corrected chi connectivity index (χ4v) is 2.42. The summed E-state index contributed by atoms with van der Waals surface area (Å²) in [6.07, 6.45) is 4.31. The largest absolute Gasteiger partial charge is 0.346 e. The van der Waals surface area contributed by atoms with Gasteiger partial charge in [-0.1, -0.05) is 12.1 Å². The molecule has 0 atom stereocenters. The summed E-state index contributed by atoms with van der Waals surface area (Å²) in [6, 6.07) is 8.44. The van der Waals surface area contributed by atoms with Gasteiger partial charge in [0.05, 0.1) is 6.57 Å². The van der Waals surface area contributed by atoms with E-state index in [1.54, 1.807) is 12.3 Å². The molecule has 0 amide bonds. The summed E-state index contributed by atoms with van der Waals surface area (Å²) >= 11 is 0. The highest BCUT2D eigenvalue weighted by atomic mass is 19.1. The van der Waals surface area contributed by atoms with Crippen LogP contribution in [-0.2, 0) is 13.0 Å². The topological polar surface area (TPSA) is 45.1 Å². The van der Waals surface area contributed by atoms with Gasteiger partial charge in [0.2, 0.25) is 5.69 Å². The summed E-state index contributed by atoms with van der Waals surface area (Å²) in [5.74, 6) is -0.214. The van der Waals surface area contributed by atoms with Crippen LogP contribution in [0.25, 0.3) is 15.9 Å². The Morgan fingerprint density at radius 2 is 2.23 bits per heavy atom. The predicted molar refractivity (Wildman–Crippen MR) is 84.2 cm³/mol. The van der Waals surface area contributed by atoms with Gasteiger partial charge in [-0.3, -0.25) is 4.98 Å². The first kappa shape index (κ1) is 14.2. The first-order valence-corrected chi connectivity index (χ1v) is 7.05. The Kier molecular flexibility index (Phi) is 4.12. The second-order valence-corrected chi connectivity index (χ2v) is 5.07. The van der Waals surface area contributed by atoms with Crippen molar-refractivity contribution < 1.29 is 4.39 Å². The van der Waals surface area contributed by atoms with Crippen molar-refractivity contribution >= 4 is 16.7 Å². The zero-order valence-corrected chi connectivity index (χ0v) is 11.9. The zero-order chi connectivity index (χ0) is 15.4. The molecule has 4 nitrogen and oxygen atoms in total. The van der Waals surface area contributed by atoms with E-state index in [1.807, 2.05) is 18.3 Å². The average molecular weight is 294 g/mol. The Bertz CT molecular complexity index is 832. The molecule has 1 aromatic carbocycles. The third kappa shape index (κ3) is 3.13. The summed E-state index contributed by atoms with van der Waals surface area (Å²) < 4.78 is 13.1. The third-order valence-corrected chi connectivity index (χ3v) is 3.52. The Morgan fingerprint density at radius 3 is 3.05 bits per heavy atom. The first-order valence-electron chi connectivity index (χ1n) is 7.05. The minimum absolute atomic E-state index is 0.214. The van der Waals surface area contributed by atoms with Crippen LogP contribution < -0.4 is 5.32 Å². The number of nitrogens with one attached hydrogen (secondary N) is 2. The van der Waals surface area contributed by atoms with E-state index in [-0.39, 0.29) is 5.82 Å². The number of H-pyrrole nitrogens is 1. The zero-order valence-electron chi connectivity index (χ0n) is 11.9. The highest BCUT2D eigenvalue weighted by Crippen LogP contribution is 2.22. The van der Waals surface area contributed by atoms with Crippen molar-refractivity contribution in [3.63, 3.8) is 0 Å². The molecule has 0 spiro atoms. The van der Waals surface area contributed by atoms with Gasteiger partial charge in [0, 0.05) is 24.3 Å². The number of nitrogens with zero attached hydrogens (tertiary/aromatic N) is 2. The van der Waals surface area contributed by atoms with Gasteiger partial charge in [0.25, 0.3) is 0 Å². The second kappa shape index (κ2) is 6.37. The maximum Gasteiger partial charge on any atom is 0.205 e. The molecule has 22 heavy (non-hydrogen) atoms. The molecule has 0 aliphatic carbocycles. The van der Waals surface area contributed by atoms with E-state index in [0.29, 0.717) is 12.2 Å². The number of pyridine rings is 1. The Morgan fingerprint density at radius 1 is 1.32 bits per heavy atom. The summed E-state index contributed by atoms with van der Waals surface area (Å²) in [6.45, 7) is 8.45. The molecule has 3 aromatic rings. The summed E-state index contributed by atoms with van der Waals surface area (Å²) in [7, 11) is 0. The van der Waals surface area contributed by atoms with E-state index in [0.717, 1.165) is 35.1 Å². The molecule has 2 aromatic heterocycles. The van der Waals surface area contributed by atoms with Crippen LogP contribution in [0.15, 0.2) is 42.7 Å². The standard InChI is InChI=1S/C17H15FN4/c1-19-15-8-16-13(10-21-17(16)22-11-15)5-6-20-9-12-3-2-4-14(18)7-12/h2-4,7-8,10-11,20H,5-6,9H2,(H,21,22). The maximum absolute atomic E-state index is 13.1. The lowest BCUT2D eigenvalue weighted by Gasteiger charge is -2.05. The van der Waals surface area contributed by atoms with Gasteiger partial charge in [0.1, 0.15) is 11.5 Å². The number of aromatic nitrogens is 2. The third-order valence-electron chi connectivity index (χ3n) is 3.52. The molecule has 0 fully saturated rings. The molecule has 0 aliphatic heterocycles. The van der Waals surface area contributed by atoms with E-state index >= 15 is 0 Å². The summed E-state index contributed by atoms with van der Waals surface area (Å²) in [5, 5.41) is 4.29. The number of benzene rings is 1. The van der Waals surface area contributed by atoms with Crippen molar-refractivity contribution in [1.29, 1.82) is 0 Å². The lowest BCUT2D eigenvalue weighted by molar-refractivity contribution is 0.620. The molecule has 0 radical (unpaired) electrons. The van der Waals surface area contributed by atoms with Gasteiger partial charge in [-0.2, -0.15) is 0 Å². The van der Waals surface area contributed by atoms with Gasteiger partial charge in [-0.25, -0.2) is 9.24 Å². The fraction of sp³-hybridized carbons (Fsp3) is 0.176. The number of hydrogen-bond acceptors (Lipinski definition) is 2. The van der Waals surface area contributed by atoms with E-state index in [2.05, 4.69) is 20.1 Å². The van der Waals surface area contributed by atoms with Crippen molar-refractivity contribution in [2.45, 2.75) is 13.0 Å². The number of aromatic amines is 1. The quantitative estimate of drug-likeness (QED) is 0.558. The highest BCUT2D eigenvalue weighted by Gasteiger charge is 2.05. The molecule has 5 heteroatoms. The van der Waals surface area contributed by atoms with Crippen LogP contribution in [-0.4, -0.2) is 16.5 Å². The normalized spacial score (nSPS) is 10.7. The van der Waals surface area contributed by atoms with Gasteiger partial charge >= 0.3 is 0 Å². The van der Waals surface area contributed by atoms with Crippen molar-refractivity contribution in [3.8, 4) is 0 Å². The smallest absolute Gasteiger partial charge is 0.205 e.